The highest BCUT2D eigenvalue weighted by Gasteiger charge is 2.30. The SMILES string of the molecule is O=COCN1CCN(COC=O)CCN(CC(O)CN([CH]N(CC(O)CN2CCN(COC=O)CCN(CC(=O)O)CCN(CC(=O)O)CC2)CP(=O)(O)O)CP(=O)(O)O)CCN(CC(=O)O)CC1. The van der Waals surface area contributed by atoms with Gasteiger partial charge in [-0.2, -0.15) is 0 Å². The lowest BCUT2D eigenvalue weighted by Crippen LogP contribution is -2.50. The van der Waals surface area contributed by atoms with Gasteiger partial charge in [0.1, 0.15) is 32.8 Å². The second kappa shape index (κ2) is 33.3. The molecule has 0 amide bonds. The molecule has 2 unspecified atom stereocenters. The molecule has 9 N–H and O–H groups in total. The van der Waals surface area contributed by atoms with Crippen molar-refractivity contribution in [3.05, 3.63) is 6.67 Å². The van der Waals surface area contributed by atoms with Gasteiger partial charge in [-0.3, -0.25) is 86.9 Å². The summed E-state index contributed by atoms with van der Waals surface area (Å²) in [4.78, 5) is 124. The Labute approximate surface area is 400 Å². The largest absolute Gasteiger partial charge is 0.480 e. The zero-order chi connectivity index (χ0) is 51.4. The summed E-state index contributed by atoms with van der Waals surface area (Å²) in [6, 6.07) is 0. The fraction of sp³-hybridized carbons (Fsp3) is 0.811. The summed E-state index contributed by atoms with van der Waals surface area (Å²) in [6.45, 7) is 2.78. The predicted octanol–water partition coefficient (Wildman–Crippen LogP) is -6.21. The first kappa shape index (κ1) is 61.8. The van der Waals surface area contributed by atoms with E-state index in [9.17, 15) is 83.0 Å². The predicted molar refractivity (Wildman–Crippen MR) is 239 cm³/mol. The highest BCUT2D eigenvalue weighted by molar-refractivity contribution is 7.51. The summed E-state index contributed by atoms with van der Waals surface area (Å²) in [7, 11) is -9.85. The zero-order valence-electron chi connectivity index (χ0n) is 38.6. The first-order valence-corrected chi connectivity index (χ1v) is 25.5. The number of nitrogens with zero attached hydrogens (tertiary/aromatic N) is 10. The molecule has 1 radical (unpaired) electrons. The van der Waals surface area contributed by atoms with Crippen LogP contribution in [0.5, 0.6) is 0 Å². The van der Waals surface area contributed by atoms with E-state index in [2.05, 4.69) is 0 Å². The van der Waals surface area contributed by atoms with Crippen LogP contribution in [-0.4, -0.2) is 327 Å². The zero-order valence-corrected chi connectivity index (χ0v) is 40.4. The second-order valence-corrected chi connectivity index (χ2v) is 19.9. The topological polar surface area (TPSA) is 379 Å². The number of carboxylic acids is 3. The number of hydrogen-bond donors (Lipinski definition) is 9. The lowest BCUT2D eigenvalue weighted by atomic mass is 10.2. The summed E-state index contributed by atoms with van der Waals surface area (Å²) in [6.07, 6.45) is -4.81. The molecule has 0 aliphatic carbocycles. The number of aliphatic carboxylic acids is 3. The Morgan fingerprint density at radius 2 is 0.681 bits per heavy atom. The van der Waals surface area contributed by atoms with Gasteiger partial charge in [0.2, 0.25) is 0 Å². The standard InChI is InChI=1S/C37H71N10O20P2/c48-30-65-25-43-11-7-38(1-3-40(21-35(53)54)5-6-42(9-13-43)23-37(57)58)17-33(51)19-46(28-68(59,60)61)24-47(29-69(62,63)64)20-34(52)18-39-2-4-41(22-36(55)56)10-14-45(27-67-32-50)16-15-44(12-8-39)26-66-31-49/h24,30-34,51-52H,1-23,25-29H2,(H,53,54)(H,55,56)(H,57,58)(H2,59,60,61)(H2,62,63,64). The molecule has 30 nitrogen and oxygen atoms in total. The minimum atomic E-state index is -4.92. The quantitative estimate of drug-likeness (QED) is 0.0191. The van der Waals surface area contributed by atoms with Crippen LogP contribution in [0.3, 0.4) is 0 Å². The molecule has 0 aromatic heterocycles. The van der Waals surface area contributed by atoms with Gasteiger partial charge in [0, 0.05) is 131 Å². The van der Waals surface area contributed by atoms with Gasteiger partial charge in [-0.05, 0) is 0 Å². The van der Waals surface area contributed by atoms with Crippen molar-refractivity contribution in [2.24, 2.45) is 0 Å². The number of aliphatic hydroxyl groups excluding tert-OH is 2. The van der Waals surface area contributed by atoms with E-state index in [0.29, 0.717) is 19.6 Å². The van der Waals surface area contributed by atoms with Crippen LogP contribution in [-0.2, 0) is 52.1 Å². The van der Waals surface area contributed by atoms with Crippen molar-refractivity contribution < 1.29 is 97.2 Å². The molecule has 2 saturated heterocycles. The lowest BCUT2D eigenvalue weighted by Gasteiger charge is -2.36. The summed E-state index contributed by atoms with van der Waals surface area (Å²) in [5, 5.41) is 51.5. The minimum Gasteiger partial charge on any atom is -0.480 e. The smallest absolute Gasteiger partial charge is 0.339 e. The highest BCUT2D eigenvalue weighted by Crippen LogP contribution is 2.38. The lowest BCUT2D eigenvalue weighted by molar-refractivity contribution is -0.140. The normalized spacial score (nSPS) is 19.9. The van der Waals surface area contributed by atoms with Crippen molar-refractivity contribution in [2.75, 3.05) is 183 Å². The Morgan fingerprint density at radius 3 is 0.899 bits per heavy atom. The van der Waals surface area contributed by atoms with E-state index in [1.807, 2.05) is 0 Å². The first-order chi connectivity index (χ1) is 32.6. The molecule has 32 heteroatoms. The number of ether oxygens (including phenoxy) is 3. The van der Waals surface area contributed by atoms with E-state index in [0.717, 1.165) is 16.5 Å². The molecule has 399 valence electrons. The molecule has 0 bridgehead atoms. The van der Waals surface area contributed by atoms with Crippen LogP contribution in [0, 0.1) is 6.67 Å². The third-order valence-corrected chi connectivity index (χ3v) is 12.3. The summed E-state index contributed by atoms with van der Waals surface area (Å²) in [5.74, 6) is -3.32. The van der Waals surface area contributed by atoms with Crippen molar-refractivity contribution in [3.63, 3.8) is 0 Å². The maximum absolute atomic E-state index is 12.4. The van der Waals surface area contributed by atoms with Crippen molar-refractivity contribution >= 4 is 52.5 Å². The molecule has 69 heavy (non-hydrogen) atoms. The van der Waals surface area contributed by atoms with Gasteiger partial charge >= 0.3 is 33.1 Å². The molecule has 2 atom stereocenters. The molecule has 2 heterocycles. The molecule has 0 aromatic carbocycles. The van der Waals surface area contributed by atoms with E-state index >= 15 is 0 Å². The molecular formula is C37H71N10O20P2. The van der Waals surface area contributed by atoms with E-state index in [-0.39, 0.29) is 157 Å². The van der Waals surface area contributed by atoms with Crippen LogP contribution in [0.4, 0.5) is 0 Å². The van der Waals surface area contributed by atoms with Gasteiger partial charge in [0.05, 0.1) is 38.5 Å². The van der Waals surface area contributed by atoms with Gasteiger partial charge in [0.15, 0.2) is 0 Å². The summed E-state index contributed by atoms with van der Waals surface area (Å²) < 4.78 is 39.7. The summed E-state index contributed by atoms with van der Waals surface area (Å²) >= 11 is 0. The van der Waals surface area contributed by atoms with Crippen LogP contribution in [0.1, 0.15) is 0 Å². The molecule has 2 rings (SSSR count). The Balaban J connectivity index is 2.32. The second-order valence-electron chi connectivity index (χ2n) is 16.7. The van der Waals surface area contributed by atoms with E-state index in [1.54, 1.807) is 39.2 Å². The third kappa shape index (κ3) is 30.9. The first-order valence-electron chi connectivity index (χ1n) is 21.9. The number of carbonyl (C=O) groups is 6. The Hall–Kier alpha value is -3.36. The number of β-amino-alcohol motifs (C(OH)–C–C–N with tert-alkyl or cyclic N) is 2. The molecule has 2 fully saturated rings. The van der Waals surface area contributed by atoms with Gasteiger partial charge in [-0.15, -0.1) is 0 Å². The van der Waals surface area contributed by atoms with Crippen molar-refractivity contribution in [2.45, 2.75) is 12.2 Å². The van der Waals surface area contributed by atoms with E-state index < -0.39 is 71.0 Å². The maximum Gasteiger partial charge on any atom is 0.339 e. The van der Waals surface area contributed by atoms with Crippen LogP contribution in [0.2, 0.25) is 0 Å². The highest BCUT2D eigenvalue weighted by atomic mass is 31.2. The molecule has 2 aliphatic rings. The molecule has 0 saturated carbocycles. The van der Waals surface area contributed by atoms with Gasteiger partial charge in [-0.1, -0.05) is 0 Å². The van der Waals surface area contributed by atoms with Crippen LogP contribution >= 0.6 is 15.2 Å². The van der Waals surface area contributed by atoms with Crippen molar-refractivity contribution in [3.8, 4) is 0 Å². The van der Waals surface area contributed by atoms with Crippen LogP contribution < -0.4 is 0 Å². The minimum absolute atomic E-state index is 0.0659. The summed E-state index contributed by atoms with van der Waals surface area (Å²) in [5.41, 5.74) is 0. The maximum atomic E-state index is 12.4. The fourth-order valence-electron chi connectivity index (χ4n) is 7.61. The van der Waals surface area contributed by atoms with Crippen molar-refractivity contribution in [1.82, 2.24) is 49.0 Å². The average molecular weight is 1040 g/mol. The van der Waals surface area contributed by atoms with Gasteiger partial charge in [0.25, 0.3) is 19.4 Å². The van der Waals surface area contributed by atoms with Gasteiger partial charge in [-0.25, -0.2) is 0 Å². The van der Waals surface area contributed by atoms with Crippen LogP contribution in [0.15, 0.2) is 0 Å². The number of hydrogen-bond acceptors (Lipinski definition) is 23. The number of carbonyl (C=O) groups excluding carboxylic acids is 3. The van der Waals surface area contributed by atoms with Crippen LogP contribution in [0.25, 0.3) is 0 Å². The fourth-order valence-corrected chi connectivity index (χ4v) is 8.93. The molecule has 0 spiro atoms. The monoisotopic (exact) mass is 1040 g/mol. The number of rotatable bonds is 29. The molecular weight excluding hydrogens is 966 g/mol. The molecule has 2 aliphatic heterocycles. The Morgan fingerprint density at radius 1 is 0.449 bits per heavy atom. The Bertz CT molecular complexity index is 1640. The molecule has 0 aromatic rings. The van der Waals surface area contributed by atoms with E-state index in [4.69, 9.17) is 14.2 Å². The van der Waals surface area contributed by atoms with Gasteiger partial charge < -0.3 is 59.3 Å². The number of carboxylic acid groups (broad SMARTS) is 3. The number of aliphatic hydroxyl groups is 2. The van der Waals surface area contributed by atoms with Crippen molar-refractivity contribution in [1.29, 1.82) is 0 Å². The van der Waals surface area contributed by atoms with E-state index in [1.165, 1.54) is 0 Å². The average Bonchev–Trinajstić information content (AvgIpc) is 3.22. The third-order valence-electron chi connectivity index (χ3n) is 10.8. The Kier molecular flexibility index (Phi) is 29.8.